The highest BCUT2D eigenvalue weighted by molar-refractivity contribution is 6.30. The quantitative estimate of drug-likeness (QED) is 0.483. The molecule has 4 heterocycles. The van der Waals surface area contributed by atoms with Crippen molar-refractivity contribution < 1.29 is 23.8 Å². The molecule has 2 aromatic rings. The van der Waals surface area contributed by atoms with E-state index >= 15 is 0 Å². The first-order valence-corrected chi connectivity index (χ1v) is 12.5. The van der Waals surface area contributed by atoms with Gasteiger partial charge in [-0.3, -0.25) is 4.90 Å². The van der Waals surface area contributed by atoms with Crippen LogP contribution in [0.15, 0.2) is 28.4 Å². The van der Waals surface area contributed by atoms with Gasteiger partial charge in [-0.1, -0.05) is 11.6 Å². The lowest BCUT2D eigenvalue weighted by Crippen LogP contribution is -2.33. The fourth-order valence-electron chi connectivity index (χ4n) is 4.39. The maximum atomic E-state index is 14.8. The summed E-state index contributed by atoms with van der Waals surface area (Å²) in [6.07, 6.45) is 4.23. The van der Waals surface area contributed by atoms with Crippen molar-refractivity contribution >= 4 is 34.7 Å². The minimum Gasteiger partial charge on any atom is -0.447 e. The number of H-pyrrole nitrogens is 1. The van der Waals surface area contributed by atoms with E-state index in [1.807, 2.05) is 0 Å². The number of hydrogen-bond acceptors (Lipinski definition) is 8. The first kappa shape index (κ1) is 26.2. The number of nitrogens with zero attached hydrogens (tertiary/aromatic N) is 3. The molecule has 0 spiro atoms. The fourth-order valence-corrected chi connectivity index (χ4v) is 4.62. The van der Waals surface area contributed by atoms with Crippen LogP contribution < -0.4 is 11.1 Å². The average molecular weight is 523 g/mol. The molecular weight excluding hydrogens is 491 g/mol. The summed E-state index contributed by atoms with van der Waals surface area (Å²) in [7, 11) is 0. The Balaban J connectivity index is 0.000000375. The minimum atomic E-state index is -0.590. The van der Waals surface area contributed by atoms with Crippen LogP contribution in [0, 0.1) is 5.82 Å². The van der Waals surface area contributed by atoms with Gasteiger partial charge in [0.1, 0.15) is 17.4 Å². The van der Waals surface area contributed by atoms with E-state index < -0.39 is 11.9 Å². The molecule has 10 nitrogen and oxygen atoms in total. The topological polar surface area (TPSA) is 138 Å². The Bertz CT molecular complexity index is 1150. The van der Waals surface area contributed by atoms with Crippen molar-refractivity contribution in [1.82, 2.24) is 20.2 Å². The van der Waals surface area contributed by atoms with Gasteiger partial charge in [0.15, 0.2) is 11.8 Å². The van der Waals surface area contributed by atoms with Gasteiger partial charge in [-0.05, 0) is 57.2 Å². The maximum Gasteiger partial charge on any atom is 0.410 e. The van der Waals surface area contributed by atoms with Crippen LogP contribution in [0.2, 0.25) is 0 Å². The van der Waals surface area contributed by atoms with E-state index in [0.717, 1.165) is 32.3 Å². The number of fused-ring (bicyclic) bond motifs is 1. The number of aromatic amines is 1. The van der Waals surface area contributed by atoms with Gasteiger partial charge in [-0.2, -0.15) is 0 Å². The maximum absolute atomic E-state index is 14.8. The molecule has 0 saturated carbocycles. The number of aliphatic imine (C=N–C) groups is 1. The lowest BCUT2D eigenvalue weighted by molar-refractivity contribution is -0.00535. The summed E-state index contributed by atoms with van der Waals surface area (Å²) in [5, 5.41) is 11.9. The highest BCUT2D eigenvalue weighted by Gasteiger charge is 2.34. The van der Waals surface area contributed by atoms with Crippen LogP contribution in [0.5, 0.6) is 0 Å². The van der Waals surface area contributed by atoms with E-state index in [4.69, 9.17) is 31.9 Å². The number of likely N-dealkylation sites (tertiary alicyclic amines) is 1. The van der Waals surface area contributed by atoms with Crippen LogP contribution in [-0.2, 0) is 9.47 Å². The Morgan fingerprint density at radius 1 is 1.36 bits per heavy atom. The SMILES string of the molecule is CC(C)OC(=O)N1CCCC1c1nc2c(F)cc(C3N=C(N)NC=C3Cl)cc2[nH]1.OC1CCCOC1. The Morgan fingerprint density at radius 2 is 2.17 bits per heavy atom. The second-order valence-corrected chi connectivity index (χ2v) is 9.70. The predicted octanol–water partition coefficient (Wildman–Crippen LogP) is 3.58. The monoisotopic (exact) mass is 522 g/mol. The number of aromatic nitrogens is 2. The van der Waals surface area contributed by atoms with Gasteiger partial charge in [-0.25, -0.2) is 19.2 Å². The molecule has 0 aliphatic carbocycles. The molecule has 3 aliphatic heterocycles. The summed E-state index contributed by atoms with van der Waals surface area (Å²) < 4.78 is 25.1. The molecule has 3 aliphatic rings. The molecule has 1 amide bonds. The van der Waals surface area contributed by atoms with Gasteiger partial charge < -0.3 is 30.6 Å². The number of carbonyl (C=O) groups is 1. The van der Waals surface area contributed by atoms with Crippen molar-refractivity contribution in [2.75, 3.05) is 19.8 Å². The third-order valence-electron chi connectivity index (χ3n) is 6.06. The van der Waals surface area contributed by atoms with Crippen molar-refractivity contribution in [3.63, 3.8) is 0 Å². The first-order chi connectivity index (χ1) is 17.2. The number of halogens is 2. The highest BCUT2D eigenvalue weighted by atomic mass is 35.5. The van der Waals surface area contributed by atoms with E-state index in [1.165, 1.54) is 12.3 Å². The normalized spacial score (nSPS) is 24.1. The highest BCUT2D eigenvalue weighted by Crippen LogP contribution is 2.35. The Labute approximate surface area is 213 Å². The smallest absolute Gasteiger partial charge is 0.410 e. The van der Waals surface area contributed by atoms with Crippen LogP contribution in [-0.4, -0.2) is 64.0 Å². The Kier molecular flexibility index (Phi) is 8.32. The lowest BCUT2D eigenvalue weighted by Gasteiger charge is -2.23. The second kappa shape index (κ2) is 11.4. The number of ether oxygens (including phenoxy) is 2. The first-order valence-electron chi connectivity index (χ1n) is 12.1. The standard InChI is InChI=1S/C19H22ClFN6O2.C5H10O2/c1-9(2)29-19(28)27-5-3-4-14(27)17-24-13-7-10(6-12(21)16(13)25-17)15-11(20)8-23-18(22)26-15;6-5-2-1-3-7-4-5/h6-9,14-15H,3-5H2,1-2H3,(H,24,25)(H3,22,23,26);5-6H,1-4H2. The number of amides is 1. The van der Waals surface area contributed by atoms with Gasteiger partial charge in [0, 0.05) is 19.4 Å². The van der Waals surface area contributed by atoms with Crippen molar-refractivity contribution in [3.8, 4) is 0 Å². The van der Waals surface area contributed by atoms with Gasteiger partial charge in [-0.15, -0.1) is 0 Å². The molecule has 36 heavy (non-hydrogen) atoms. The molecule has 3 atom stereocenters. The number of guanidine groups is 1. The van der Waals surface area contributed by atoms with E-state index in [9.17, 15) is 9.18 Å². The molecule has 2 fully saturated rings. The van der Waals surface area contributed by atoms with Gasteiger partial charge in [0.2, 0.25) is 0 Å². The van der Waals surface area contributed by atoms with Crippen LogP contribution >= 0.6 is 11.6 Å². The Hall–Kier alpha value is -2.89. The van der Waals surface area contributed by atoms with Crippen molar-refractivity contribution in [2.45, 2.75) is 63.8 Å². The summed E-state index contributed by atoms with van der Waals surface area (Å²) in [5.41, 5.74) is 6.98. The zero-order chi connectivity index (χ0) is 25.8. The number of benzene rings is 1. The average Bonchev–Trinajstić information content (AvgIpc) is 3.48. The largest absolute Gasteiger partial charge is 0.447 e. The second-order valence-electron chi connectivity index (χ2n) is 9.27. The summed E-state index contributed by atoms with van der Waals surface area (Å²) in [5.74, 6) is 0.241. The van der Waals surface area contributed by atoms with Gasteiger partial charge >= 0.3 is 6.09 Å². The number of nitrogens with one attached hydrogen (secondary N) is 2. The molecule has 3 unspecified atom stereocenters. The van der Waals surface area contributed by atoms with Crippen LogP contribution in [0.4, 0.5) is 9.18 Å². The minimum absolute atomic E-state index is 0.186. The number of aliphatic hydroxyl groups excluding tert-OH is 1. The molecular formula is C24H32ClFN6O4. The summed E-state index contributed by atoms with van der Waals surface area (Å²) in [4.78, 5) is 25.8. The molecule has 0 bridgehead atoms. The van der Waals surface area contributed by atoms with Crippen LogP contribution in [0.3, 0.4) is 0 Å². The molecule has 12 heteroatoms. The number of nitrogens with two attached hydrogens (primary N) is 1. The third kappa shape index (κ3) is 6.08. The number of rotatable bonds is 3. The molecule has 1 aromatic heterocycles. The molecule has 196 valence electrons. The Morgan fingerprint density at radius 3 is 2.83 bits per heavy atom. The van der Waals surface area contributed by atoms with E-state index in [0.29, 0.717) is 35.1 Å². The van der Waals surface area contributed by atoms with Gasteiger partial charge in [0.05, 0.1) is 35.4 Å². The van der Waals surface area contributed by atoms with Crippen molar-refractivity contribution in [2.24, 2.45) is 10.7 Å². The molecule has 0 radical (unpaired) electrons. The van der Waals surface area contributed by atoms with Crippen molar-refractivity contribution in [3.05, 3.63) is 40.6 Å². The van der Waals surface area contributed by atoms with Gasteiger partial charge in [0.25, 0.3) is 0 Å². The number of imidazole rings is 1. The number of hydrogen-bond donors (Lipinski definition) is 4. The van der Waals surface area contributed by atoms with E-state index in [1.54, 1.807) is 24.8 Å². The molecule has 2 saturated heterocycles. The number of aliphatic hydroxyl groups is 1. The summed E-state index contributed by atoms with van der Waals surface area (Å²) >= 11 is 6.22. The zero-order valence-corrected chi connectivity index (χ0v) is 21.1. The molecule has 5 N–H and O–H groups in total. The number of carbonyl (C=O) groups excluding carboxylic acids is 1. The third-order valence-corrected chi connectivity index (χ3v) is 6.38. The van der Waals surface area contributed by atoms with E-state index in [2.05, 4.69) is 20.3 Å². The van der Waals surface area contributed by atoms with Crippen LogP contribution in [0.25, 0.3) is 11.0 Å². The van der Waals surface area contributed by atoms with E-state index in [-0.39, 0.29) is 35.8 Å². The lowest BCUT2D eigenvalue weighted by atomic mass is 10.1. The summed E-state index contributed by atoms with van der Waals surface area (Å²) in [6, 6.07) is 2.24. The van der Waals surface area contributed by atoms with Crippen LogP contribution in [0.1, 0.15) is 63.0 Å². The molecule has 1 aromatic carbocycles. The predicted molar refractivity (Wildman–Crippen MR) is 134 cm³/mol. The fraction of sp³-hybridized carbons (Fsp3) is 0.542. The molecule has 5 rings (SSSR count). The van der Waals surface area contributed by atoms with Crippen molar-refractivity contribution in [1.29, 1.82) is 0 Å². The zero-order valence-electron chi connectivity index (χ0n) is 20.3. The summed E-state index contributed by atoms with van der Waals surface area (Å²) in [6.45, 7) is 5.55.